The van der Waals surface area contributed by atoms with Crippen molar-refractivity contribution in [2.45, 2.75) is 26.6 Å². The number of nitrogens with one attached hydrogen (secondary N) is 1. The predicted molar refractivity (Wildman–Crippen MR) is 98.9 cm³/mol. The molecule has 0 spiro atoms. The Balaban J connectivity index is 1.45. The van der Waals surface area contributed by atoms with Gasteiger partial charge in [0.05, 0.1) is 0 Å². The van der Waals surface area contributed by atoms with Gasteiger partial charge in [0, 0.05) is 13.1 Å². The molecule has 3 heteroatoms. The summed E-state index contributed by atoms with van der Waals surface area (Å²) in [6.45, 7) is 4.12. The van der Waals surface area contributed by atoms with Gasteiger partial charge in [-0.15, -0.1) is 0 Å². The molecule has 0 heterocycles. The molecule has 128 valence electrons. The van der Waals surface area contributed by atoms with Crippen molar-refractivity contribution in [3.63, 3.8) is 0 Å². The van der Waals surface area contributed by atoms with E-state index in [1.54, 1.807) is 12.1 Å². The van der Waals surface area contributed by atoms with Gasteiger partial charge in [0.2, 0.25) is 0 Å². The molecular weight excluding hydrogens is 313 g/mol. The van der Waals surface area contributed by atoms with Gasteiger partial charge in [-0.3, -0.25) is 0 Å². The fourth-order valence-corrected chi connectivity index (χ4v) is 2.51. The van der Waals surface area contributed by atoms with E-state index in [1.807, 2.05) is 12.1 Å². The summed E-state index contributed by atoms with van der Waals surface area (Å²) in [5, 5.41) is 3.36. The molecule has 25 heavy (non-hydrogen) atoms. The molecule has 3 aromatic rings. The fraction of sp³-hybridized carbons (Fsp3) is 0.182. The molecule has 0 saturated carbocycles. The van der Waals surface area contributed by atoms with Crippen molar-refractivity contribution in [3.05, 3.63) is 101 Å². The molecule has 3 aromatic carbocycles. The number of hydrogen-bond donors (Lipinski definition) is 1. The average molecular weight is 335 g/mol. The summed E-state index contributed by atoms with van der Waals surface area (Å²) in [5.74, 6) is 0.660. The van der Waals surface area contributed by atoms with Crippen molar-refractivity contribution in [1.82, 2.24) is 5.32 Å². The molecule has 0 aromatic heterocycles. The van der Waals surface area contributed by atoms with Crippen LogP contribution in [0.15, 0.2) is 72.8 Å². The number of rotatable bonds is 7. The molecule has 0 aliphatic heterocycles. The van der Waals surface area contributed by atoms with Gasteiger partial charge in [-0.2, -0.15) is 0 Å². The van der Waals surface area contributed by atoms with Crippen LogP contribution in [0.1, 0.15) is 22.3 Å². The predicted octanol–water partition coefficient (Wildman–Crippen LogP) is 5.00. The van der Waals surface area contributed by atoms with Gasteiger partial charge in [0.15, 0.2) is 0 Å². The highest BCUT2D eigenvalue weighted by atomic mass is 19.1. The number of aryl methyl sites for hydroxylation is 1. The zero-order valence-electron chi connectivity index (χ0n) is 14.3. The summed E-state index contributed by atoms with van der Waals surface area (Å²) >= 11 is 0. The third-order valence-corrected chi connectivity index (χ3v) is 4.02. The van der Waals surface area contributed by atoms with E-state index in [9.17, 15) is 4.39 Å². The highest BCUT2D eigenvalue weighted by Gasteiger charge is 1.99. The fourth-order valence-electron chi connectivity index (χ4n) is 2.51. The molecule has 0 radical (unpaired) electrons. The van der Waals surface area contributed by atoms with E-state index in [-0.39, 0.29) is 5.82 Å². The highest BCUT2D eigenvalue weighted by molar-refractivity contribution is 5.28. The molecule has 0 bridgehead atoms. The third kappa shape index (κ3) is 5.44. The monoisotopic (exact) mass is 335 g/mol. The molecule has 0 aliphatic rings. The van der Waals surface area contributed by atoms with Gasteiger partial charge in [-0.05, 0) is 47.9 Å². The highest BCUT2D eigenvalue weighted by Crippen LogP contribution is 2.15. The van der Waals surface area contributed by atoms with Gasteiger partial charge in [-0.25, -0.2) is 4.39 Å². The van der Waals surface area contributed by atoms with Crippen molar-refractivity contribution in [1.29, 1.82) is 0 Å². The van der Waals surface area contributed by atoms with Crippen LogP contribution < -0.4 is 10.1 Å². The smallest absolute Gasteiger partial charge is 0.123 e. The van der Waals surface area contributed by atoms with Crippen molar-refractivity contribution < 1.29 is 9.13 Å². The molecule has 0 atom stereocenters. The molecule has 0 aliphatic carbocycles. The lowest BCUT2D eigenvalue weighted by Gasteiger charge is -2.09. The first-order valence-corrected chi connectivity index (χ1v) is 8.41. The van der Waals surface area contributed by atoms with E-state index in [4.69, 9.17) is 4.74 Å². The maximum Gasteiger partial charge on any atom is 0.123 e. The molecule has 0 amide bonds. The van der Waals surface area contributed by atoms with Crippen LogP contribution >= 0.6 is 0 Å². The minimum atomic E-state index is -0.204. The maximum absolute atomic E-state index is 12.9. The lowest BCUT2D eigenvalue weighted by Crippen LogP contribution is -2.12. The van der Waals surface area contributed by atoms with Crippen molar-refractivity contribution >= 4 is 0 Å². The van der Waals surface area contributed by atoms with E-state index in [0.29, 0.717) is 13.2 Å². The van der Waals surface area contributed by atoms with Crippen LogP contribution in [0.4, 0.5) is 4.39 Å². The SMILES string of the molecule is Cc1ccc(COc2ccc(CNCc3ccc(F)cc3)cc2)cc1. The van der Waals surface area contributed by atoms with Crippen LogP contribution in [0.25, 0.3) is 0 Å². The average Bonchev–Trinajstić information content (AvgIpc) is 2.64. The Morgan fingerprint density at radius 2 is 1.24 bits per heavy atom. The van der Waals surface area contributed by atoms with E-state index in [2.05, 4.69) is 48.6 Å². The zero-order chi connectivity index (χ0) is 17.5. The second-order valence-corrected chi connectivity index (χ2v) is 6.15. The van der Waals surface area contributed by atoms with E-state index < -0.39 is 0 Å². The second kappa shape index (κ2) is 8.45. The van der Waals surface area contributed by atoms with Gasteiger partial charge in [0.1, 0.15) is 18.2 Å². The van der Waals surface area contributed by atoms with E-state index >= 15 is 0 Å². The Labute approximate surface area is 148 Å². The van der Waals surface area contributed by atoms with E-state index in [1.165, 1.54) is 23.3 Å². The van der Waals surface area contributed by atoms with Crippen LogP contribution in [0.2, 0.25) is 0 Å². The topological polar surface area (TPSA) is 21.3 Å². The summed E-state index contributed by atoms with van der Waals surface area (Å²) in [4.78, 5) is 0. The normalized spacial score (nSPS) is 10.6. The second-order valence-electron chi connectivity index (χ2n) is 6.15. The summed E-state index contributed by atoms with van der Waals surface area (Å²) in [5.41, 5.74) is 4.67. The Morgan fingerprint density at radius 3 is 1.84 bits per heavy atom. The first-order chi connectivity index (χ1) is 12.2. The molecule has 2 nitrogen and oxygen atoms in total. The van der Waals surface area contributed by atoms with Crippen molar-refractivity contribution in [2.24, 2.45) is 0 Å². The Bertz CT molecular complexity index is 780. The summed E-state index contributed by atoms with van der Waals surface area (Å²) < 4.78 is 18.7. The zero-order valence-corrected chi connectivity index (χ0v) is 14.3. The summed E-state index contributed by atoms with van der Waals surface area (Å²) in [6, 6.07) is 23.0. The minimum Gasteiger partial charge on any atom is -0.489 e. The van der Waals surface area contributed by atoms with Crippen LogP contribution in [-0.2, 0) is 19.7 Å². The Morgan fingerprint density at radius 1 is 0.720 bits per heavy atom. The summed E-state index contributed by atoms with van der Waals surface area (Å²) in [6.07, 6.45) is 0. The van der Waals surface area contributed by atoms with Gasteiger partial charge in [0.25, 0.3) is 0 Å². The van der Waals surface area contributed by atoms with Crippen LogP contribution in [0, 0.1) is 12.7 Å². The van der Waals surface area contributed by atoms with E-state index in [0.717, 1.165) is 23.4 Å². The number of halogens is 1. The van der Waals surface area contributed by atoms with Gasteiger partial charge >= 0.3 is 0 Å². The molecule has 0 saturated heterocycles. The van der Waals surface area contributed by atoms with Crippen LogP contribution in [0.5, 0.6) is 5.75 Å². The van der Waals surface area contributed by atoms with Crippen LogP contribution in [0.3, 0.4) is 0 Å². The molecule has 3 rings (SSSR count). The van der Waals surface area contributed by atoms with Gasteiger partial charge < -0.3 is 10.1 Å². The number of ether oxygens (including phenoxy) is 1. The molecule has 0 unspecified atom stereocenters. The summed E-state index contributed by atoms with van der Waals surface area (Å²) in [7, 11) is 0. The minimum absolute atomic E-state index is 0.204. The maximum atomic E-state index is 12.9. The van der Waals surface area contributed by atoms with Crippen LogP contribution in [-0.4, -0.2) is 0 Å². The first kappa shape index (κ1) is 17.2. The molecule has 1 N–H and O–H groups in total. The molecular formula is C22H22FNO. The number of benzene rings is 3. The quantitative estimate of drug-likeness (QED) is 0.656. The number of hydrogen-bond acceptors (Lipinski definition) is 2. The third-order valence-electron chi connectivity index (χ3n) is 4.02. The lowest BCUT2D eigenvalue weighted by atomic mass is 10.1. The Kier molecular flexibility index (Phi) is 5.81. The molecule has 0 fully saturated rings. The first-order valence-electron chi connectivity index (χ1n) is 8.41. The van der Waals surface area contributed by atoms with Gasteiger partial charge in [-0.1, -0.05) is 54.1 Å². The van der Waals surface area contributed by atoms with Crippen molar-refractivity contribution in [3.8, 4) is 5.75 Å². The Hall–Kier alpha value is -2.65. The van der Waals surface area contributed by atoms with Crippen molar-refractivity contribution in [2.75, 3.05) is 0 Å². The standard InChI is InChI=1S/C22H22FNO/c1-17-2-4-20(5-3-17)16-25-22-12-8-19(9-13-22)15-24-14-18-6-10-21(23)11-7-18/h2-13,24H,14-16H2,1H3. The largest absolute Gasteiger partial charge is 0.489 e. The lowest BCUT2D eigenvalue weighted by molar-refractivity contribution is 0.306.